The van der Waals surface area contributed by atoms with E-state index in [0.717, 1.165) is 0 Å². The fourth-order valence-corrected chi connectivity index (χ4v) is 2.14. The summed E-state index contributed by atoms with van der Waals surface area (Å²) in [5, 5.41) is 0. The average Bonchev–Trinajstić information content (AvgIpc) is 2.91. The Bertz CT molecular complexity index is 591. The highest BCUT2D eigenvalue weighted by Gasteiger charge is 2.00. The van der Waals surface area contributed by atoms with Crippen molar-refractivity contribution in [2.75, 3.05) is 6.16 Å². The lowest BCUT2D eigenvalue weighted by Crippen LogP contribution is -1.80. The van der Waals surface area contributed by atoms with Gasteiger partial charge in [0.25, 0.3) is 0 Å². The van der Waals surface area contributed by atoms with E-state index in [9.17, 15) is 0 Å². The first kappa shape index (κ1) is 36.5. The maximum atomic E-state index is 2.58. The summed E-state index contributed by atoms with van der Waals surface area (Å²) in [4.78, 5) is 0. The molecule has 0 fully saturated rings. The van der Waals surface area contributed by atoms with E-state index >= 15 is 0 Å². The van der Waals surface area contributed by atoms with Crippen LogP contribution in [0, 0.1) is 0 Å². The molecule has 3 aromatic rings. The van der Waals surface area contributed by atoms with Crippen molar-refractivity contribution in [3.8, 4) is 22.3 Å². The van der Waals surface area contributed by atoms with Gasteiger partial charge in [0.15, 0.2) is 0 Å². The minimum absolute atomic E-state index is 1.17. The first-order valence-corrected chi connectivity index (χ1v) is 13.1. The van der Waals surface area contributed by atoms with Gasteiger partial charge >= 0.3 is 0 Å². The normalized spacial score (nSPS) is 7.48. The minimum atomic E-state index is 1.17. The van der Waals surface area contributed by atoms with Crippen LogP contribution in [0.25, 0.3) is 22.3 Å². The Morgan fingerprint density at radius 3 is 0.903 bits per heavy atom. The molecule has 0 aliphatic heterocycles. The van der Waals surface area contributed by atoms with Crippen molar-refractivity contribution in [3.05, 3.63) is 84.9 Å². The Labute approximate surface area is 198 Å². The monoisotopic (exact) mass is 442 g/mol. The molecule has 0 saturated heterocycles. The van der Waals surface area contributed by atoms with E-state index in [2.05, 4.69) is 89.0 Å². The second kappa shape index (κ2) is 32.7. The zero-order valence-corrected chi connectivity index (χ0v) is 23.5. The molecule has 3 aromatic carbocycles. The van der Waals surface area contributed by atoms with Gasteiger partial charge in [-0.1, -0.05) is 155 Å². The summed E-state index contributed by atoms with van der Waals surface area (Å²) < 4.78 is 0. The predicted octanol–water partition coefficient (Wildman–Crippen LogP) is 11.0. The standard InChI is InChI=1S/C18H14.C2H7P.5C2H6/c1-3-8-15(9-4-1)17-12-7-13-18(14-17)16-10-5-2-6-11-16;1-2-3;5*1-2/h1-14H;2-3H2,1H3;5*1-2H3. The topological polar surface area (TPSA) is 0 Å². The van der Waals surface area contributed by atoms with Crippen LogP contribution in [-0.4, -0.2) is 6.16 Å². The van der Waals surface area contributed by atoms with Crippen molar-refractivity contribution < 1.29 is 0 Å². The van der Waals surface area contributed by atoms with Gasteiger partial charge in [0, 0.05) is 0 Å². The Kier molecular flexibility index (Phi) is 38.5. The van der Waals surface area contributed by atoms with E-state index in [-0.39, 0.29) is 0 Å². The van der Waals surface area contributed by atoms with Gasteiger partial charge in [-0.25, -0.2) is 0 Å². The van der Waals surface area contributed by atoms with Crippen LogP contribution in [0.2, 0.25) is 0 Å². The first-order chi connectivity index (χ1) is 15.3. The molecule has 0 nitrogen and oxygen atoms in total. The van der Waals surface area contributed by atoms with Gasteiger partial charge in [-0.3, -0.25) is 0 Å². The summed E-state index contributed by atoms with van der Waals surface area (Å²) >= 11 is 0. The van der Waals surface area contributed by atoms with Crippen LogP contribution < -0.4 is 0 Å². The Morgan fingerprint density at radius 2 is 0.645 bits per heavy atom. The molecule has 0 aliphatic rings. The van der Waals surface area contributed by atoms with Crippen LogP contribution in [0.4, 0.5) is 0 Å². The molecule has 0 saturated carbocycles. The molecule has 0 spiro atoms. The number of hydrogen-bond donors (Lipinski definition) is 0. The third-order valence-corrected chi connectivity index (χ3v) is 3.08. The van der Waals surface area contributed by atoms with E-state index < -0.39 is 0 Å². The zero-order valence-electron chi connectivity index (χ0n) is 22.4. The average molecular weight is 443 g/mol. The molecule has 31 heavy (non-hydrogen) atoms. The molecule has 1 heteroatoms. The van der Waals surface area contributed by atoms with Crippen LogP contribution in [0.3, 0.4) is 0 Å². The Morgan fingerprint density at radius 1 is 0.419 bits per heavy atom. The van der Waals surface area contributed by atoms with Gasteiger partial charge in [0.1, 0.15) is 0 Å². The number of benzene rings is 3. The lowest BCUT2D eigenvalue weighted by molar-refractivity contribution is 1.50. The SMILES string of the molecule is CC.CC.CC.CC.CC.CCP.c1ccc(-c2cccc(-c3ccccc3)c2)cc1. The number of rotatable bonds is 2. The zero-order chi connectivity index (χ0) is 24.9. The van der Waals surface area contributed by atoms with Crippen LogP contribution in [0.15, 0.2) is 84.9 Å². The van der Waals surface area contributed by atoms with E-state index in [4.69, 9.17) is 0 Å². The maximum absolute atomic E-state index is 2.58. The quantitative estimate of drug-likeness (QED) is 0.346. The van der Waals surface area contributed by atoms with Crippen LogP contribution in [0.5, 0.6) is 0 Å². The molecule has 176 valence electrons. The van der Waals surface area contributed by atoms with Crippen molar-refractivity contribution >= 4 is 9.24 Å². The summed E-state index contributed by atoms with van der Waals surface area (Å²) in [6, 6.07) is 29.6. The lowest BCUT2D eigenvalue weighted by Gasteiger charge is -2.05. The van der Waals surface area contributed by atoms with Crippen LogP contribution in [0.1, 0.15) is 76.2 Å². The van der Waals surface area contributed by atoms with Crippen molar-refractivity contribution in [1.29, 1.82) is 0 Å². The molecule has 3 rings (SSSR count). The number of hydrogen-bond acceptors (Lipinski definition) is 0. The van der Waals surface area contributed by atoms with Gasteiger partial charge < -0.3 is 0 Å². The Balaban J connectivity index is -0.000000241. The van der Waals surface area contributed by atoms with Gasteiger partial charge in [-0.2, -0.15) is 0 Å². The molecular weight excluding hydrogens is 391 g/mol. The van der Waals surface area contributed by atoms with Crippen molar-refractivity contribution in [1.82, 2.24) is 0 Å². The van der Waals surface area contributed by atoms with Crippen LogP contribution in [-0.2, 0) is 0 Å². The minimum Gasteiger partial charge on any atom is -0.138 e. The summed E-state index contributed by atoms with van der Waals surface area (Å²) in [5.41, 5.74) is 5.04. The molecule has 1 unspecified atom stereocenters. The molecular formula is C30H51P. The summed E-state index contributed by atoms with van der Waals surface area (Å²) in [5.74, 6) is 0. The molecule has 0 amide bonds. The molecule has 0 radical (unpaired) electrons. The highest BCUT2D eigenvalue weighted by molar-refractivity contribution is 7.16. The second-order valence-electron chi connectivity index (χ2n) is 4.72. The van der Waals surface area contributed by atoms with E-state index in [1.54, 1.807) is 0 Å². The summed E-state index contributed by atoms with van der Waals surface area (Å²) in [7, 11) is 2.58. The summed E-state index contributed by atoms with van der Waals surface area (Å²) in [6.45, 7) is 22.1. The molecule has 0 aromatic heterocycles. The molecule has 0 bridgehead atoms. The van der Waals surface area contributed by atoms with E-state index in [1.165, 1.54) is 28.4 Å². The summed E-state index contributed by atoms with van der Waals surface area (Å²) in [6.07, 6.45) is 1.17. The van der Waals surface area contributed by atoms with Crippen molar-refractivity contribution in [2.24, 2.45) is 0 Å². The smallest absolute Gasteiger partial charge is 0.0178 e. The first-order valence-electron chi connectivity index (χ1n) is 12.3. The Hall–Kier alpha value is -1.91. The van der Waals surface area contributed by atoms with E-state index in [0.29, 0.717) is 0 Å². The van der Waals surface area contributed by atoms with E-state index in [1.807, 2.05) is 81.4 Å². The van der Waals surface area contributed by atoms with Gasteiger partial charge in [-0.15, -0.1) is 9.24 Å². The van der Waals surface area contributed by atoms with Crippen molar-refractivity contribution in [3.63, 3.8) is 0 Å². The highest BCUT2D eigenvalue weighted by atomic mass is 31.0. The molecule has 0 N–H and O–H groups in total. The maximum Gasteiger partial charge on any atom is -0.0178 e. The molecule has 0 aliphatic carbocycles. The molecule has 1 atom stereocenters. The third-order valence-electron chi connectivity index (χ3n) is 3.08. The fourth-order valence-electron chi connectivity index (χ4n) is 2.14. The van der Waals surface area contributed by atoms with Crippen LogP contribution >= 0.6 is 9.24 Å². The second-order valence-corrected chi connectivity index (χ2v) is 5.54. The highest BCUT2D eigenvalue weighted by Crippen LogP contribution is 2.25. The largest absolute Gasteiger partial charge is 0.138 e. The van der Waals surface area contributed by atoms with Gasteiger partial charge in [0.05, 0.1) is 0 Å². The fraction of sp³-hybridized carbons (Fsp3) is 0.400. The van der Waals surface area contributed by atoms with Crippen molar-refractivity contribution in [2.45, 2.75) is 76.2 Å². The molecule has 0 heterocycles. The third kappa shape index (κ3) is 18.6. The predicted molar refractivity (Wildman–Crippen MR) is 154 cm³/mol. The van der Waals surface area contributed by atoms with Gasteiger partial charge in [0.2, 0.25) is 0 Å². The van der Waals surface area contributed by atoms with Gasteiger partial charge in [-0.05, 0) is 34.5 Å². The lowest BCUT2D eigenvalue weighted by atomic mass is 9.99.